The first-order valence-electron chi connectivity index (χ1n) is 11.5. The second-order valence-electron chi connectivity index (χ2n) is 9.08. The third-order valence-electron chi connectivity index (χ3n) is 5.50. The SMILES string of the molecule is CS(=O)(=O)N(CC(F)(F)F)c1c(C#N)nn(-c2c(Cl)cc(S(F)(F)(F)(F)F)cc2Cl)c1NCCN1CCC1.O=C(O)C(F)(F)F. The molecule has 2 N–H and O–H groups in total. The fourth-order valence-electron chi connectivity index (χ4n) is 3.47. The highest BCUT2D eigenvalue weighted by Crippen LogP contribution is 3.02. The molecule has 1 fully saturated rings. The van der Waals surface area contributed by atoms with Crippen LogP contribution < -0.4 is 9.62 Å². The van der Waals surface area contributed by atoms with Crippen molar-refractivity contribution in [1.82, 2.24) is 14.7 Å². The molecular formula is C20H19Cl2F11N6O4S2. The van der Waals surface area contributed by atoms with Gasteiger partial charge in [0.15, 0.2) is 11.5 Å². The summed E-state index contributed by atoms with van der Waals surface area (Å²) in [6.45, 7) is -0.429. The van der Waals surface area contributed by atoms with Gasteiger partial charge in [-0.15, -0.1) is 0 Å². The Balaban J connectivity index is 0.000000900. The summed E-state index contributed by atoms with van der Waals surface area (Å²) in [6, 6.07) is 1.14. The normalized spacial score (nSPS) is 15.9. The van der Waals surface area contributed by atoms with Gasteiger partial charge in [-0.3, -0.25) is 4.31 Å². The number of aromatic nitrogens is 2. The molecule has 1 saturated heterocycles. The number of nitrogens with zero attached hydrogens (tertiary/aromatic N) is 5. The van der Waals surface area contributed by atoms with E-state index in [2.05, 4.69) is 10.4 Å². The smallest absolute Gasteiger partial charge is 0.475 e. The van der Waals surface area contributed by atoms with E-state index in [4.69, 9.17) is 33.1 Å². The summed E-state index contributed by atoms with van der Waals surface area (Å²) < 4.78 is 163. The lowest BCUT2D eigenvalue weighted by Crippen LogP contribution is -2.41. The van der Waals surface area contributed by atoms with E-state index in [1.54, 1.807) is 0 Å². The second-order valence-corrected chi connectivity index (χ2v) is 14.2. The molecule has 1 aliphatic heterocycles. The van der Waals surface area contributed by atoms with E-state index in [1.807, 2.05) is 4.90 Å². The van der Waals surface area contributed by atoms with Gasteiger partial charge in [0, 0.05) is 13.1 Å². The van der Waals surface area contributed by atoms with Gasteiger partial charge in [-0.1, -0.05) is 42.6 Å². The van der Waals surface area contributed by atoms with E-state index in [1.165, 1.54) is 6.07 Å². The molecule has 0 bridgehead atoms. The number of nitrogens with one attached hydrogen (secondary N) is 1. The number of nitriles is 1. The number of hydrogen-bond donors (Lipinski definition) is 2. The molecule has 1 aromatic carbocycles. The molecule has 10 nitrogen and oxygen atoms in total. The van der Waals surface area contributed by atoms with Gasteiger partial charge < -0.3 is 15.3 Å². The van der Waals surface area contributed by atoms with Crippen LogP contribution in [-0.4, -0.2) is 85.5 Å². The van der Waals surface area contributed by atoms with Crippen LogP contribution in [0.3, 0.4) is 0 Å². The lowest BCUT2D eigenvalue weighted by atomic mass is 10.2. The predicted molar refractivity (Wildman–Crippen MR) is 141 cm³/mol. The van der Waals surface area contributed by atoms with Crippen LogP contribution in [0.5, 0.6) is 0 Å². The van der Waals surface area contributed by atoms with E-state index in [9.17, 15) is 59.5 Å². The Morgan fingerprint density at radius 1 is 1.11 bits per heavy atom. The van der Waals surface area contributed by atoms with Crippen LogP contribution in [0.2, 0.25) is 10.0 Å². The van der Waals surface area contributed by atoms with Crippen molar-refractivity contribution in [1.29, 1.82) is 5.26 Å². The van der Waals surface area contributed by atoms with Crippen molar-refractivity contribution in [3.8, 4) is 11.8 Å². The van der Waals surface area contributed by atoms with Crippen LogP contribution in [0.15, 0.2) is 17.0 Å². The van der Waals surface area contributed by atoms with Crippen LogP contribution in [0, 0.1) is 11.3 Å². The van der Waals surface area contributed by atoms with Crippen LogP contribution in [-0.2, 0) is 14.8 Å². The van der Waals surface area contributed by atoms with Crippen LogP contribution in [0.1, 0.15) is 12.1 Å². The molecule has 0 radical (unpaired) electrons. The van der Waals surface area contributed by atoms with E-state index < -0.39 is 82.9 Å². The van der Waals surface area contributed by atoms with Gasteiger partial charge in [0.25, 0.3) is 0 Å². The van der Waals surface area contributed by atoms with Gasteiger partial charge in [-0.25, -0.2) is 17.9 Å². The number of alkyl halides is 6. The summed E-state index contributed by atoms with van der Waals surface area (Å²) >= 11 is 11.8. The standard InChI is InChI=1S/C18H18Cl2F8N6O2S2.C2HF3O2/c1-37(35,36)33(10-18(21,22)23)16-14(9-29)31-34(17(16)30-3-6-32-4-2-5-32)15-12(19)7-11(8-13(15)20)38(24,25,26,27)28;3-2(4,5)1(6)7/h7-8,30H,2-6,10H2,1H3;(H,6,7). The fraction of sp³-hybridized carbons (Fsp3) is 0.450. The summed E-state index contributed by atoms with van der Waals surface area (Å²) in [4.78, 5) is 8.36. The van der Waals surface area contributed by atoms with Crippen molar-refractivity contribution >= 4 is 60.9 Å². The molecule has 256 valence electrons. The lowest BCUT2D eigenvalue weighted by molar-refractivity contribution is -0.192. The number of carbonyl (C=O) groups is 1. The minimum absolute atomic E-state index is 0.0496. The average Bonchev–Trinajstić information content (AvgIpc) is 3.13. The van der Waals surface area contributed by atoms with Gasteiger partial charge >= 0.3 is 28.5 Å². The molecule has 0 atom stereocenters. The van der Waals surface area contributed by atoms with Crippen molar-refractivity contribution in [2.24, 2.45) is 0 Å². The van der Waals surface area contributed by atoms with E-state index in [-0.39, 0.29) is 23.0 Å². The van der Waals surface area contributed by atoms with Crippen molar-refractivity contribution in [3.63, 3.8) is 0 Å². The van der Waals surface area contributed by atoms with Crippen molar-refractivity contribution in [2.45, 2.75) is 23.7 Å². The monoisotopic (exact) mass is 750 g/mol. The molecular weight excluding hydrogens is 732 g/mol. The lowest BCUT2D eigenvalue weighted by Gasteiger charge is -2.40. The number of likely N-dealkylation sites (tertiary alicyclic amines) is 1. The number of anilines is 2. The number of carboxylic acid groups (broad SMARTS) is 1. The fourth-order valence-corrected chi connectivity index (χ4v) is 5.81. The zero-order chi connectivity index (χ0) is 35.0. The Morgan fingerprint density at radius 3 is 1.93 bits per heavy atom. The Morgan fingerprint density at radius 2 is 1.60 bits per heavy atom. The Bertz CT molecular complexity index is 1580. The number of sulfonamides is 1. The van der Waals surface area contributed by atoms with E-state index in [0.717, 1.165) is 6.42 Å². The highest BCUT2D eigenvalue weighted by atomic mass is 35.5. The minimum atomic E-state index is -10.3. The minimum Gasteiger partial charge on any atom is -0.475 e. The molecule has 0 spiro atoms. The molecule has 2 heterocycles. The number of rotatable bonds is 9. The third kappa shape index (κ3) is 10.3. The maximum Gasteiger partial charge on any atom is 0.490 e. The molecule has 2 aromatic rings. The molecule has 0 amide bonds. The predicted octanol–water partition coefficient (Wildman–Crippen LogP) is 6.79. The Kier molecular flexibility index (Phi) is 10.2. The summed E-state index contributed by atoms with van der Waals surface area (Å²) in [5.41, 5.74) is -2.50. The second kappa shape index (κ2) is 12.0. The molecule has 25 heteroatoms. The van der Waals surface area contributed by atoms with Crippen LogP contribution >= 0.6 is 33.4 Å². The third-order valence-corrected chi connectivity index (χ3v) is 8.31. The highest BCUT2D eigenvalue weighted by Gasteiger charge is 2.65. The van der Waals surface area contributed by atoms with Crippen LogP contribution in [0.4, 0.5) is 57.3 Å². The summed E-state index contributed by atoms with van der Waals surface area (Å²) in [6.07, 6.45) is -8.85. The number of carboxylic acids is 1. The highest BCUT2D eigenvalue weighted by molar-refractivity contribution is 8.45. The number of hydrogen-bond acceptors (Lipinski definition) is 7. The Labute approximate surface area is 256 Å². The van der Waals surface area contributed by atoms with Crippen molar-refractivity contribution in [2.75, 3.05) is 48.6 Å². The Hall–Kier alpha value is -2.94. The molecule has 0 aliphatic carbocycles. The number of aliphatic carboxylic acids is 1. The molecule has 0 unspecified atom stereocenters. The zero-order valence-corrected chi connectivity index (χ0v) is 25.2. The summed E-state index contributed by atoms with van der Waals surface area (Å²) in [5.74, 6) is -3.35. The maximum atomic E-state index is 13.3. The molecule has 45 heavy (non-hydrogen) atoms. The van der Waals surface area contributed by atoms with Crippen molar-refractivity contribution in [3.05, 3.63) is 27.9 Å². The largest absolute Gasteiger partial charge is 0.490 e. The average molecular weight is 751 g/mol. The quantitative estimate of drug-likeness (QED) is 0.268. The van der Waals surface area contributed by atoms with E-state index >= 15 is 0 Å². The number of halogens is 13. The van der Waals surface area contributed by atoms with Gasteiger partial charge in [0.05, 0.1) is 16.3 Å². The van der Waals surface area contributed by atoms with Gasteiger partial charge in [0.1, 0.15) is 28.9 Å². The van der Waals surface area contributed by atoms with Gasteiger partial charge in [0.2, 0.25) is 10.0 Å². The summed E-state index contributed by atoms with van der Waals surface area (Å²) in [7, 11) is -15.0. The first-order chi connectivity index (χ1) is 20.0. The molecule has 0 saturated carbocycles. The topological polar surface area (TPSA) is 132 Å². The molecule has 1 aliphatic rings. The first-order valence-corrected chi connectivity index (χ1v) is 16.1. The van der Waals surface area contributed by atoms with E-state index in [0.29, 0.717) is 30.6 Å². The molecule has 1 aromatic heterocycles. The maximum absolute atomic E-state index is 13.3. The number of benzene rings is 1. The van der Waals surface area contributed by atoms with Gasteiger partial charge in [-0.2, -0.15) is 36.7 Å². The summed E-state index contributed by atoms with van der Waals surface area (Å²) in [5, 5.41) is 20.9. The van der Waals surface area contributed by atoms with Crippen LogP contribution in [0.25, 0.3) is 5.69 Å². The zero-order valence-electron chi connectivity index (χ0n) is 22.0. The first kappa shape index (κ1) is 38.2. The van der Waals surface area contributed by atoms with Crippen molar-refractivity contribution < 1.29 is 64.1 Å². The molecule has 3 rings (SSSR count). The van der Waals surface area contributed by atoms with Gasteiger partial charge in [-0.05, 0) is 31.6 Å².